The first-order chi connectivity index (χ1) is 11.7. The Morgan fingerprint density at radius 3 is 2.62 bits per heavy atom. The highest BCUT2D eigenvalue weighted by Crippen LogP contribution is 2.35. The second-order valence-electron chi connectivity index (χ2n) is 5.42. The van der Waals surface area contributed by atoms with Gasteiger partial charge in [0.05, 0.1) is 15.8 Å². The molecule has 6 heteroatoms. The lowest BCUT2D eigenvalue weighted by molar-refractivity contribution is 0.300. The van der Waals surface area contributed by atoms with Crippen LogP contribution in [0.5, 0.6) is 5.75 Å². The highest BCUT2D eigenvalue weighted by Gasteiger charge is 2.19. The van der Waals surface area contributed by atoms with Crippen molar-refractivity contribution in [2.45, 2.75) is 6.61 Å². The van der Waals surface area contributed by atoms with Crippen LogP contribution >= 0.6 is 11.3 Å². The molecule has 2 aromatic carbocycles. The summed E-state index contributed by atoms with van der Waals surface area (Å²) in [6.45, 7) is 0.348. The van der Waals surface area contributed by atoms with Crippen LogP contribution in [0, 0.1) is 0 Å². The number of aryl methyl sites for hydroxylation is 1. The highest BCUT2D eigenvalue weighted by molar-refractivity contribution is 7.21. The first-order valence-corrected chi connectivity index (χ1v) is 8.39. The maximum absolute atomic E-state index is 6.24. The van der Waals surface area contributed by atoms with Crippen LogP contribution in [-0.2, 0) is 13.7 Å². The number of hydrogen-bond acceptors (Lipinski definition) is 5. The molecule has 4 rings (SSSR count). The van der Waals surface area contributed by atoms with Crippen molar-refractivity contribution in [3.63, 3.8) is 0 Å². The fourth-order valence-corrected chi connectivity index (χ4v) is 3.62. The third-order valence-corrected chi connectivity index (χ3v) is 4.84. The molecule has 4 aromatic rings. The van der Waals surface area contributed by atoms with Crippen LogP contribution in [0.1, 0.15) is 5.69 Å². The maximum Gasteiger partial charge on any atom is 0.133 e. The summed E-state index contributed by atoms with van der Waals surface area (Å²) in [5.74, 6) is 1.40. The Kier molecular flexibility index (Phi) is 3.66. The van der Waals surface area contributed by atoms with Gasteiger partial charge in [-0.3, -0.25) is 4.68 Å². The molecule has 0 unspecified atom stereocenters. The number of ether oxygens (including phenoxy) is 1. The van der Waals surface area contributed by atoms with Crippen LogP contribution < -0.4 is 10.5 Å². The van der Waals surface area contributed by atoms with Gasteiger partial charge in [-0.2, -0.15) is 5.10 Å². The van der Waals surface area contributed by atoms with Gasteiger partial charge in [0.2, 0.25) is 0 Å². The zero-order chi connectivity index (χ0) is 16.5. The molecule has 2 N–H and O–H groups in total. The van der Waals surface area contributed by atoms with Crippen molar-refractivity contribution in [1.29, 1.82) is 0 Å². The van der Waals surface area contributed by atoms with E-state index in [0.717, 1.165) is 32.2 Å². The Hall–Kier alpha value is -2.86. The minimum absolute atomic E-state index is 0.348. The van der Waals surface area contributed by atoms with Crippen LogP contribution in [0.4, 0.5) is 5.82 Å². The van der Waals surface area contributed by atoms with E-state index in [-0.39, 0.29) is 0 Å². The van der Waals surface area contributed by atoms with E-state index in [1.165, 1.54) is 0 Å². The molecule has 0 aliphatic heterocycles. The number of anilines is 1. The van der Waals surface area contributed by atoms with Crippen molar-refractivity contribution in [2.75, 3.05) is 5.73 Å². The molecule has 0 bridgehead atoms. The summed E-state index contributed by atoms with van der Waals surface area (Å²) in [5.41, 5.74) is 8.85. The van der Waals surface area contributed by atoms with Crippen LogP contribution in [0.25, 0.3) is 20.8 Å². The lowest BCUT2D eigenvalue weighted by Gasteiger charge is -2.05. The molecule has 2 aromatic heterocycles. The van der Waals surface area contributed by atoms with Gasteiger partial charge >= 0.3 is 0 Å². The Morgan fingerprint density at radius 1 is 1.08 bits per heavy atom. The molecule has 0 spiro atoms. The second kappa shape index (κ2) is 5.98. The van der Waals surface area contributed by atoms with Gasteiger partial charge in [0.15, 0.2) is 0 Å². The van der Waals surface area contributed by atoms with Gasteiger partial charge in [0, 0.05) is 7.05 Å². The van der Waals surface area contributed by atoms with Crippen molar-refractivity contribution in [1.82, 2.24) is 14.8 Å². The standard InChI is InChI=1S/C18H16N4OS/c1-22-17(19)16(18-20-13-9-5-6-10-15(13)24-18)14(21-22)11-23-12-7-3-2-4-8-12/h2-10H,11,19H2,1H3. The molecule has 0 radical (unpaired) electrons. The van der Waals surface area contributed by atoms with Crippen LogP contribution in [0.3, 0.4) is 0 Å². The third-order valence-electron chi connectivity index (χ3n) is 3.79. The number of aromatic nitrogens is 3. The van der Waals surface area contributed by atoms with Crippen LogP contribution in [0.15, 0.2) is 54.6 Å². The molecule has 120 valence electrons. The van der Waals surface area contributed by atoms with E-state index in [1.807, 2.05) is 55.6 Å². The normalized spacial score (nSPS) is 11.0. The fourth-order valence-electron chi connectivity index (χ4n) is 2.58. The number of para-hydroxylation sites is 2. The van der Waals surface area contributed by atoms with Gasteiger partial charge < -0.3 is 10.5 Å². The number of fused-ring (bicyclic) bond motifs is 1. The molecular weight excluding hydrogens is 320 g/mol. The number of benzene rings is 2. The summed E-state index contributed by atoms with van der Waals surface area (Å²) in [4.78, 5) is 4.70. The maximum atomic E-state index is 6.24. The molecule has 0 fully saturated rings. The summed E-state index contributed by atoms with van der Waals surface area (Å²) in [6.07, 6.45) is 0. The predicted octanol–water partition coefficient (Wildman–Crippen LogP) is 3.86. The van der Waals surface area contributed by atoms with Gasteiger partial charge in [-0.25, -0.2) is 4.98 Å². The lowest BCUT2D eigenvalue weighted by atomic mass is 10.2. The largest absolute Gasteiger partial charge is 0.487 e. The summed E-state index contributed by atoms with van der Waals surface area (Å²) >= 11 is 1.61. The molecule has 2 heterocycles. The number of thiazole rings is 1. The van der Waals surface area contributed by atoms with Gasteiger partial charge in [-0.05, 0) is 24.3 Å². The average Bonchev–Trinajstić information content (AvgIpc) is 3.15. The molecule has 0 amide bonds. The van der Waals surface area contributed by atoms with Crippen molar-refractivity contribution >= 4 is 27.4 Å². The molecule has 0 aliphatic rings. The Morgan fingerprint density at radius 2 is 1.83 bits per heavy atom. The van der Waals surface area contributed by atoms with Gasteiger partial charge in [0.25, 0.3) is 0 Å². The zero-order valence-electron chi connectivity index (χ0n) is 13.1. The summed E-state index contributed by atoms with van der Waals surface area (Å²) in [6, 6.07) is 17.7. The van der Waals surface area contributed by atoms with Gasteiger partial charge in [0.1, 0.15) is 28.9 Å². The summed E-state index contributed by atoms with van der Waals surface area (Å²) in [7, 11) is 1.83. The average molecular weight is 336 g/mol. The quantitative estimate of drug-likeness (QED) is 0.614. The molecule has 0 saturated carbocycles. The Labute approximate surface area is 143 Å². The van der Waals surface area contributed by atoms with E-state index in [2.05, 4.69) is 11.2 Å². The van der Waals surface area contributed by atoms with E-state index in [4.69, 9.17) is 15.5 Å². The first-order valence-electron chi connectivity index (χ1n) is 7.57. The minimum Gasteiger partial charge on any atom is -0.487 e. The van der Waals surface area contributed by atoms with Crippen molar-refractivity contribution in [3.8, 4) is 16.3 Å². The SMILES string of the molecule is Cn1nc(COc2ccccc2)c(-c2nc3ccccc3s2)c1N. The number of hydrogen-bond donors (Lipinski definition) is 1. The number of nitrogen functional groups attached to an aromatic ring is 1. The summed E-state index contributed by atoms with van der Waals surface area (Å²) < 4.78 is 8.64. The van der Waals surface area contributed by atoms with Crippen molar-refractivity contribution in [3.05, 3.63) is 60.3 Å². The monoisotopic (exact) mass is 336 g/mol. The van der Waals surface area contributed by atoms with E-state index >= 15 is 0 Å². The topological polar surface area (TPSA) is 66.0 Å². The van der Waals surface area contributed by atoms with E-state index < -0.39 is 0 Å². The molecular formula is C18H16N4OS. The molecule has 0 aliphatic carbocycles. The van der Waals surface area contributed by atoms with E-state index in [0.29, 0.717) is 12.4 Å². The highest BCUT2D eigenvalue weighted by atomic mass is 32.1. The predicted molar refractivity (Wildman–Crippen MR) is 97.0 cm³/mol. The lowest BCUT2D eigenvalue weighted by Crippen LogP contribution is -1.99. The van der Waals surface area contributed by atoms with Crippen LogP contribution in [-0.4, -0.2) is 14.8 Å². The third kappa shape index (κ3) is 2.61. The van der Waals surface area contributed by atoms with E-state index in [1.54, 1.807) is 16.0 Å². The first kappa shape index (κ1) is 14.7. The van der Waals surface area contributed by atoms with E-state index in [9.17, 15) is 0 Å². The molecule has 24 heavy (non-hydrogen) atoms. The van der Waals surface area contributed by atoms with Gasteiger partial charge in [-0.15, -0.1) is 11.3 Å². The number of rotatable bonds is 4. The Bertz CT molecular complexity index is 958. The fraction of sp³-hybridized carbons (Fsp3) is 0.111. The molecule has 0 saturated heterocycles. The Balaban J connectivity index is 1.72. The van der Waals surface area contributed by atoms with Crippen LogP contribution in [0.2, 0.25) is 0 Å². The summed E-state index contributed by atoms with van der Waals surface area (Å²) in [5, 5.41) is 5.37. The molecule has 0 atom stereocenters. The second-order valence-corrected chi connectivity index (χ2v) is 6.45. The van der Waals surface area contributed by atoms with Gasteiger partial charge in [-0.1, -0.05) is 30.3 Å². The van der Waals surface area contributed by atoms with Crippen molar-refractivity contribution in [2.24, 2.45) is 7.05 Å². The number of nitrogens with zero attached hydrogens (tertiary/aromatic N) is 3. The minimum atomic E-state index is 0.348. The zero-order valence-corrected chi connectivity index (χ0v) is 14.0. The number of nitrogens with two attached hydrogens (primary N) is 1. The smallest absolute Gasteiger partial charge is 0.133 e. The molecule has 5 nitrogen and oxygen atoms in total. The van der Waals surface area contributed by atoms with Crippen molar-refractivity contribution < 1.29 is 4.74 Å².